The lowest BCUT2D eigenvalue weighted by molar-refractivity contribution is 0.0703. The number of amides is 1. The van der Waals surface area contributed by atoms with Gasteiger partial charge in [0.05, 0.1) is 0 Å². The molecule has 0 atom stereocenters. The first-order chi connectivity index (χ1) is 9.11. The molecule has 0 fully saturated rings. The molecular weight excluding hydrogens is 361 g/mol. The molecule has 1 aromatic carbocycles. The van der Waals surface area contributed by atoms with Crippen LogP contribution in [0.3, 0.4) is 0 Å². The molecule has 0 saturated carbocycles. The summed E-state index contributed by atoms with van der Waals surface area (Å²) in [5.41, 5.74) is 2.72. The number of nitrogens with zero attached hydrogens (tertiary/aromatic N) is 2. The fraction of sp³-hybridized carbons (Fsp3) is 0.167. The summed E-state index contributed by atoms with van der Waals surface area (Å²) in [4.78, 5) is 11.6. The smallest absolute Gasteiger partial charge is 0.275 e. The third-order valence-electron chi connectivity index (χ3n) is 2.52. The molecule has 0 unspecified atom stereocenters. The molecule has 0 spiro atoms. The number of carbonyl (C=O) groups is 1. The van der Waals surface area contributed by atoms with Crippen LogP contribution in [0.25, 0.3) is 0 Å². The van der Waals surface area contributed by atoms with E-state index < -0.39 is 5.91 Å². The van der Waals surface area contributed by atoms with Crippen molar-refractivity contribution >= 4 is 28.5 Å². The first-order valence-corrected chi connectivity index (χ1v) is 6.54. The normalized spacial score (nSPS) is 10.3. The van der Waals surface area contributed by atoms with E-state index >= 15 is 0 Å². The topological polar surface area (TPSA) is 76.4 Å². The number of aromatic nitrogens is 2. The van der Waals surface area contributed by atoms with Gasteiger partial charge in [-0.05, 0) is 34.7 Å². The zero-order chi connectivity index (χ0) is 13.8. The van der Waals surface area contributed by atoms with Gasteiger partial charge >= 0.3 is 0 Å². The van der Waals surface area contributed by atoms with Crippen LogP contribution in [0, 0.1) is 3.57 Å². The molecule has 100 valence electrons. The van der Waals surface area contributed by atoms with Crippen molar-refractivity contribution < 1.29 is 14.7 Å². The van der Waals surface area contributed by atoms with E-state index in [9.17, 15) is 4.79 Å². The maximum absolute atomic E-state index is 11.6. The van der Waals surface area contributed by atoms with Crippen molar-refractivity contribution in [1.82, 2.24) is 15.3 Å². The summed E-state index contributed by atoms with van der Waals surface area (Å²) in [5.74, 6) is -0.0735. The monoisotopic (exact) mass is 373 g/mol. The number of benzene rings is 1. The molecule has 2 aromatic rings. The van der Waals surface area contributed by atoms with Gasteiger partial charge in [-0.3, -0.25) is 14.7 Å². The van der Waals surface area contributed by atoms with Crippen molar-refractivity contribution in [3.05, 3.63) is 45.2 Å². The molecule has 0 aliphatic rings. The Kier molecular flexibility index (Phi) is 4.38. The summed E-state index contributed by atoms with van der Waals surface area (Å²) >= 11 is 2.12. The van der Waals surface area contributed by atoms with Gasteiger partial charge in [0.15, 0.2) is 0 Å². The lowest BCUT2D eigenvalue weighted by Gasteiger charge is -2.10. The zero-order valence-corrected chi connectivity index (χ0v) is 12.3. The molecular formula is C12H12IN3O3. The lowest BCUT2D eigenvalue weighted by Crippen LogP contribution is -2.21. The van der Waals surface area contributed by atoms with Crippen LogP contribution in [0.15, 0.2) is 30.5 Å². The molecule has 0 bridgehead atoms. The lowest BCUT2D eigenvalue weighted by atomic mass is 10.1. The van der Waals surface area contributed by atoms with Gasteiger partial charge in [0.2, 0.25) is 5.88 Å². The van der Waals surface area contributed by atoms with Crippen molar-refractivity contribution in [2.75, 3.05) is 0 Å². The number of nitrogens with one attached hydrogen (secondary N) is 1. The number of halogens is 1. The minimum absolute atomic E-state index is 0.207. The van der Waals surface area contributed by atoms with Gasteiger partial charge in [-0.1, -0.05) is 6.07 Å². The van der Waals surface area contributed by atoms with Crippen molar-refractivity contribution in [3.63, 3.8) is 0 Å². The molecule has 0 aliphatic heterocycles. The number of aryl methyl sites for hydroxylation is 1. The van der Waals surface area contributed by atoms with Crippen molar-refractivity contribution in [3.8, 4) is 5.88 Å². The minimum atomic E-state index is -0.557. The molecule has 0 aliphatic carbocycles. The number of rotatable bonds is 4. The molecule has 7 heteroatoms. The highest BCUT2D eigenvalue weighted by Gasteiger charge is 2.14. The van der Waals surface area contributed by atoms with Crippen LogP contribution in [-0.2, 0) is 13.7 Å². The van der Waals surface area contributed by atoms with Crippen LogP contribution in [0.5, 0.6) is 5.88 Å². The van der Waals surface area contributed by atoms with E-state index in [-0.39, 0.29) is 6.61 Å². The van der Waals surface area contributed by atoms with Gasteiger partial charge in [0.1, 0.15) is 6.61 Å². The highest BCUT2D eigenvalue weighted by Crippen LogP contribution is 2.19. The second-order valence-electron chi connectivity index (χ2n) is 3.82. The Morgan fingerprint density at radius 3 is 2.95 bits per heavy atom. The summed E-state index contributed by atoms with van der Waals surface area (Å²) in [6.07, 6.45) is 1.77. The Hall–Kier alpha value is -1.61. The molecule has 2 rings (SSSR count). The van der Waals surface area contributed by atoms with Gasteiger partial charge < -0.3 is 4.74 Å². The summed E-state index contributed by atoms with van der Waals surface area (Å²) in [6, 6.07) is 6.98. The molecule has 0 saturated heterocycles. The summed E-state index contributed by atoms with van der Waals surface area (Å²) < 4.78 is 8.05. The van der Waals surface area contributed by atoms with E-state index in [0.29, 0.717) is 17.0 Å². The van der Waals surface area contributed by atoms with Crippen LogP contribution in [0.1, 0.15) is 15.9 Å². The van der Waals surface area contributed by atoms with E-state index in [0.717, 1.165) is 3.57 Å². The Bertz CT molecular complexity index is 598. The minimum Gasteiger partial charge on any atom is -0.472 e. The van der Waals surface area contributed by atoms with Crippen LogP contribution in [-0.4, -0.2) is 20.9 Å². The largest absolute Gasteiger partial charge is 0.472 e. The molecule has 2 N–H and O–H groups in total. The number of hydroxylamine groups is 1. The molecule has 0 radical (unpaired) electrons. The van der Waals surface area contributed by atoms with Crippen molar-refractivity contribution in [2.45, 2.75) is 6.61 Å². The average Bonchev–Trinajstić information content (AvgIpc) is 2.82. The van der Waals surface area contributed by atoms with Gasteiger partial charge in [-0.15, -0.1) is 5.10 Å². The second-order valence-corrected chi connectivity index (χ2v) is 4.99. The van der Waals surface area contributed by atoms with Crippen molar-refractivity contribution in [1.29, 1.82) is 0 Å². The Balaban J connectivity index is 2.21. The molecule has 19 heavy (non-hydrogen) atoms. The van der Waals surface area contributed by atoms with Crippen LogP contribution in [0.2, 0.25) is 0 Å². The summed E-state index contributed by atoms with van der Waals surface area (Å²) in [6.45, 7) is 0.207. The first kappa shape index (κ1) is 13.8. The van der Waals surface area contributed by atoms with E-state index in [1.807, 2.05) is 6.07 Å². The Morgan fingerprint density at radius 2 is 2.32 bits per heavy atom. The van der Waals surface area contributed by atoms with Gasteiger partial charge in [-0.25, -0.2) is 5.48 Å². The Labute approximate surface area is 123 Å². The van der Waals surface area contributed by atoms with Crippen LogP contribution < -0.4 is 10.2 Å². The molecule has 6 nitrogen and oxygen atoms in total. The maximum Gasteiger partial charge on any atom is 0.275 e. The number of carbonyl (C=O) groups excluding carboxylic acids is 1. The average molecular weight is 373 g/mol. The van der Waals surface area contributed by atoms with Crippen LogP contribution >= 0.6 is 22.6 Å². The van der Waals surface area contributed by atoms with E-state index in [1.54, 1.807) is 41.6 Å². The third-order valence-corrected chi connectivity index (χ3v) is 3.53. The quantitative estimate of drug-likeness (QED) is 0.486. The number of hydrogen-bond acceptors (Lipinski definition) is 4. The third kappa shape index (κ3) is 3.24. The van der Waals surface area contributed by atoms with E-state index in [4.69, 9.17) is 9.94 Å². The van der Waals surface area contributed by atoms with Crippen molar-refractivity contribution in [2.24, 2.45) is 7.05 Å². The highest BCUT2D eigenvalue weighted by molar-refractivity contribution is 14.1. The predicted molar refractivity (Wildman–Crippen MR) is 76.0 cm³/mol. The second kappa shape index (κ2) is 6.02. The molecule has 1 heterocycles. The summed E-state index contributed by atoms with van der Waals surface area (Å²) in [7, 11) is 1.80. The van der Waals surface area contributed by atoms with Gasteiger partial charge in [0, 0.05) is 34.0 Å². The zero-order valence-electron chi connectivity index (χ0n) is 10.1. The maximum atomic E-state index is 11.6. The summed E-state index contributed by atoms with van der Waals surface area (Å²) in [5, 5.41) is 12.8. The fourth-order valence-corrected chi connectivity index (χ4v) is 2.25. The fourth-order valence-electron chi connectivity index (χ4n) is 1.60. The van der Waals surface area contributed by atoms with E-state index in [1.165, 1.54) is 0 Å². The van der Waals surface area contributed by atoms with Crippen LogP contribution in [0.4, 0.5) is 0 Å². The molecule has 1 aromatic heterocycles. The van der Waals surface area contributed by atoms with Gasteiger partial charge in [-0.2, -0.15) is 0 Å². The SMILES string of the molecule is Cn1ccc(OCc2c(I)cccc2C(=O)NO)n1. The van der Waals surface area contributed by atoms with Gasteiger partial charge in [0.25, 0.3) is 5.91 Å². The number of hydrogen-bond donors (Lipinski definition) is 2. The Morgan fingerprint density at radius 1 is 1.53 bits per heavy atom. The highest BCUT2D eigenvalue weighted by atomic mass is 127. The first-order valence-electron chi connectivity index (χ1n) is 5.46. The standard InChI is InChI=1S/C12H12IN3O3/c1-16-6-5-11(14-16)19-7-9-8(12(17)15-18)3-2-4-10(9)13/h2-6,18H,7H2,1H3,(H,15,17). The van der Waals surface area contributed by atoms with E-state index in [2.05, 4.69) is 27.7 Å². The number of ether oxygens (including phenoxy) is 1. The predicted octanol–water partition coefficient (Wildman–Crippen LogP) is 1.72. The molecule has 1 amide bonds.